The monoisotopic (exact) mass is 238 g/mol. The molecular formula is C15H17BNO. The quantitative estimate of drug-likeness (QED) is 0.588. The Morgan fingerprint density at radius 2 is 1.17 bits per heavy atom. The first-order chi connectivity index (χ1) is 8.70. The van der Waals surface area contributed by atoms with E-state index in [1.165, 1.54) is 11.1 Å². The minimum absolute atomic E-state index is 1.02. The van der Waals surface area contributed by atoms with Crippen LogP contribution in [0.25, 0.3) is 0 Å². The molecule has 2 aromatic rings. The van der Waals surface area contributed by atoms with Gasteiger partial charge in [0, 0.05) is 0 Å². The molecule has 0 unspecified atom stereocenters. The third-order valence-corrected chi connectivity index (χ3v) is 2.75. The maximum atomic E-state index is 5.60. The highest BCUT2D eigenvalue weighted by molar-refractivity contribution is 6.25. The van der Waals surface area contributed by atoms with Crippen LogP contribution in [0.5, 0.6) is 0 Å². The zero-order valence-corrected chi connectivity index (χ0v) is 11.1. The van der Waals surface area contributed by atoms with Crippen LogP contribution in [0.1, 0.15) is 11.1 Å². The molecule has 0 spiro atoms. The van der Waals surface area contributed by atoms with Crippen molar-refractivity contribution in [3.8, 4) is 0 Å². The third kappa shape index (κ3) is 2.93. The Kier molecular flexibility index (Phi) is 4.05. The second-order valence-electron chi connectivity index (χ2n) is 4.31. The Labute approximate surface area is 109 Å². The fourth-order valence-corrected chi connectivity index (χ4v) is 1.74. The summed E-state index contributed by atoms with van der Waals surface area (Å²) in [5, 5.41) is 1.82. The maximum Gasteiger partial charge on any atom is 0.331 e. The smallest absolute Gasteiger partial charge is 0.331 e. The molecule has 0 aliphatic carbocycles. The normalized spacial score (nSPS) is 10.2. The van der Waals surface area contributed by atoms with Crippen molar-refractivity contribution in [2.75, 3.05) is 5.06 Å². The van der Waals surface area contributed by atoms with E-state index in [-0.39, 0.29) is 0 Å². The lowest BCUT2D eigenvalue weighted by Crippen LogP contribution is -2.18. The Bertz CT molecular complexity index is 447. The topological polar surface area (TPSA) is 12.5 Å². The van der Waals surface area contributed by atoms with E-state index in [1.807, 2.05) is 11.9 Å². The van der Waals surface area contributed by atoms with Gasteiger partial charge in [0.05, 0.1) is 11.4 Å². The van der Waals surface area contributed by atoms with Crippen LogP contribution in [0.2, 0.25) is 6.82 Å². The number of benzene rings is 2. The van der Waals surface area contributed by atoms with E-state index >= 15 is 0 Å². The number of hydrogen-bond donors (Lipinski definition) is 0. The highest BCUT2D eigenvalue weighted by Crippen LogP contribution is 2.26. The fourth-order valence-electron chi connectivity index (χ4n) is 1.74. The molecule has 91 valence electrons. The Morgan fingerprint density at radius 3 is 1.50 bits per heavy atom. The van der Waals surface area contributed by atoms with Gasteiger partial charge in [-0.1, -0.05) is 42.2 Å². The first kappa shape index (κ1) is 12.7. The van der Waals surface area contributed by atoms with Gasteiger partial charge in [-0.25, -0.2) is 5.06 Å². The maximum absolute atomic E-state index is 5.60. The van der Waals surface area contributed by atoms with Crippen molar-refractivity contribution in [1.82, 2.24) is 0 Å². The molecule has 1 radical (unpaired) electrons. The predicted molar refractivity (Wildman–Crippen MR) is 77.2 cm³/mol. The molecule has 0 aliphatic heterocycles. The second kappa shape index (κ2) is 5.74. The molecule has 0 aliphatic rings. The molecule has 2 rings (SSSR count). The number of rotatable bonds is 4. The summed E-state index contributed by atoms with van der Waals surface area (Å²) < 4.78 is 5.60. The Hall–Kier alpha value is -1.74. The molecule has 0 heterocycles. The molecule has 0 atom stereocenters. The van der Waals surface area contributed by atoms with Crippen molar-refractivity contribution >= 4 is 18.9 Å². The largest absolute Gasteiger partial charge is 0.340 e. The van der Waals surface area contributed by atoms with Gasteiger partial charge < -0.3 is 4.76 Å². The summed E-state index contributed by atoms with van der Waals surface area (Å²) in [6.07, 6.45) is 0. The van der Waals surface area contributed by atoms with Gasteiger partial charge >= 0.3 is 7.48 Å². The summed E-state index contributed by atoms with van der Waals surface area (Å²) in [5.74, 6) is 0. The molecule has 0 aromatic heterocycles. The van der Waals surface area contributed by atoms with Gasteiger partial charge in [0.1, 0.15) is 0 Å². The number of hydrogen-bond acceptors (Lipinski definition) is 2. The van der Waals surface area contributed by atoms with Gasteiger partial charge in [-0.15, -0.1) is 0 Å². The first-order valence-corrected chi connectivity index (χ1v) is 6.09. The Morgan fingerprint density at radius 1 is 0.778 bits per heavy atom. The molecule has 0 fully saturated rings. The summed E-state index contributed by atoms with van der Waals surface area (Å²) in [6.45, 7) is 6.02. The number of anilines is 2. The van der Waals surface area contributed by atoms with E-state index in [1.54, 1.807) is 7.48 Å². The molecule has 3 heteroatoms. The van der Waals surface area contributed by atoms with Crippen molar-refractivity contribution in [1.29, 1.82) is 0 Å². The van der Waals surface area contributed by atoms with Crippen LogP contribution in [0.3, 0.4) is 0 Å². The van der Waals surface area contributed by atoms with Gasteiger partial charge in [-0.2, -0.15) is 0 Å². The molecule has 2 aromatic carbocycles. The lowest BCUT2D eigenvalue weighted by atomic mass is 10.1. The van der Waals surface area contributed by atoms with Crippen LogP contribution in [-0.2, 0) is 4.76 Å². The van der Waals surface area contributed by atoms with E-state index in [2.05, 4.69) is 62.4 Å². The minimum Gasteiger partial charge on any atom is -0.340 e. The average molecular weight is 238 g/mol. The van der Waals surface area contributed by atoms with Crippen molar-refractivity contribution in [2.24, 2.45) is 0 Å². The van der Waals surface area contributed by atoms with Crippen molar-refractivity contribution in [2.45, 2.75) is 20.7 Å². The SMILES string of the molecule is C[B]ON(c1ccc(C)cc1)c1ccc(C)cc1. The molecular weight excluding hydrogens is 221 g/mol. The van der Waals surface area contributed by atoms with Crippen molar-refractivity contribution in [3.63, 3.8) is 0 Å². The molecule has 18 heavy (non-hydrogen) atoms. The van der Waals surface area contributed by atoms with Crippen LogP contribution in [-0.4, -0.2) is 7.48 Å². The van der Waals surface area contributed by atoms with Gasteiger partial charge in [0.25, 0.3) is 0 Å². The highest BCUT2D eigenvalue weighted by atomic mass is 16.6. The molecule has 0 saturated heterocycles. The summed E-state index contributed by atoms with van der Waals surface area (Å²) in [7, 11) is 1.68. The van der Waals surface area contributed by atoms with E-state index in [9.17, 15) is 0 Å². The zero-order valence-electron chi connectivity index (χ0n) is 11.1. The average Bonchev–Trinajstić information content (AvgIpc) is 2.39. The van der Waals surface area contributed by atoms with E-state index in [4.69, 9.17) is 4.76 Å². The van der Waals surface area contributed by atoms with Gasteiger partial charge in [0.2, 0.25) is 0 Å². The molecule has 2 nitrogen and oxygen atoms in total. The van der Waals surface area contributed by atoms with Gasteiger partial charge in [0.15, 0.2) is 0 Å². The van der Waals surface area contributed by atoms with E-state index < -0.39 is 0 Å². The molecule has 0 N–H and O–H groups in total. The van der Waals surface area contributed by atoms with Crippen LogP contribution in [0.15, 0.2) is 48.5 Å². The highest BCUT2D eigenvalue weighted by Gasteiger charge is 2.08. The molecule has 0 bridgehead atoms. The standard InChI is InChI=1S/C15H17BNO/c1-12-4-8-14(9-5-12)17(18-16-3)15-10-6-13(2)7-11-15/h4-11H,1-3H3. The van der Waals surface area contributed by atoms with Gasteiger partial charge in [-0.3, -0.25) is 0 Å². The van der Waals surface area contributed by atoms with Crippen LogP contribution in [0.4, 0.5) is 11.4 Å². The van der Waals surface area contributed by atoms with Gasteiger partial charge in [-0.05, 0) is 38.1 Å². The number of aryl methyl sites for hydroxylation is 2. The molecule has 0 amide bonds. The van der Waals surface area contributed by atoms with Crippen molar-refractivity contribution in [3.05, 3.63) is 59.7 Å². The third-order valence-electron chi connectivity index (χ3n) is 2.75. The lowest BCUT2D eigenvalue weighted by molar-refractivity contribution is 0.346. The van der Waals surface area contributed by atoms with E-state index in [0.29, 0.717) is 0 Å². The van der Waals surface area contributed by atoms with Crippen LogP contribution >= 0.6 is 0 Å². The zero-order chi connectivity index (χ0) is 13.0. The van der Waals surface area contributed by atoms with Crippen LogP contribution < -0.4 is 5.06 Å². The van der Waals surface area contributed by atoms with E-state index in [0.717, 1.165) is 11.4 Å². The Balaban J connectivity index is 2.33. The first-order valence-electron chi connectivity index (χ1n) is 6.09. The minimum atomic E-state index is 1.02. The fraction of sp³-hybridized carbons (Fsp3) is 0.200. The summed E-state index contributed by atoms with van der Waals surface area (Å²) in [4.78, 5) is 0. The summed E-state index contributed by atoms with van der Waals surface area (Å²) in [5.41, 5.74) is 4.51. The van der Waals surface area contributed by atoms with Crippen LogP contribution in [0, 0.1) is 13.8 Å². The summed E-state index contributed by atoms with van der Waals surface area (Å²) >= 11 is 0. The predicted octanol–water partition coefficient (Wildman–Crippen LogP) is 4.04. The lowest BCUT2D eigenvalue weighted by Gasteiger charge is -2.24. The second-order valence-corrected chi connectivity index (χ2v) is 4.31. The van der Waals surface area contributed by atoms with Crippen molar-refractivity contribution < 1.29 is 4.76 Å². The number of nitrogens with zero attached hydrogens (tertiary/aromatic N) is 1. The summed E-state index contributed by atoms with van der Waals surface area (Å²) in [6, 6.07) is 16.5. The molecule has 0 saturated carbocycles.